The average Bonchev–Trinajstić information content (AvgIpc) is 2.69. The van der Waals surface area contributed by atoms with Crippen LogP contribution in [0.4, 0.5) is 0 Å². The van der Waals surface area contributed by atoms with E-state index in [1.165, 1.54) is 25.1 Å². The predicted molar refractivity (Wildman–Crippen MR) is 68.4 cm³/mol. The van der Waals surface area contributed by atoms with Gasteiger partial charge in [-0.1, -0.05) is 20.3 Å². The quantitative estimate of drug-likeness (QED) is 0.769. The molecule has 0 saturated heterocycles. The molecule has 0 aliphatic rings. The maximum absolute atomic E-state index is 4.36. The lowest BCUT2D eigenvalue weighted by Crippen LogP contribution is -2.28. The fraction of sp³-hybridized carbons (Fsp3) is 0.769. The summed E-state index contributed by atoms with van der Waals surface area (Å²) < 4.78 is 2.11. The van der Waals surface area contributed by atoms with Crippen LogP contribution in [0.15, 0.2) is 12.4 Å². The lowest BCUT2D eigenvalue weighted by atomic mass is 9.96. The predicted octanol–water partition coefficient (Wildman–Crippen LogP) is 2.38. The minimum Gasteiger partial charge on any atom is -0.338 e. The summed E-state index contributed by atoms with van der Waals surface area (Å²) in [6, 6.07) is 0.617. The molecule has 0 aliphatic heterocycles. The molecule has 1 aromatic rings. The minimum absolute atomic E-state index is 0.617. The van der Waals surface area contributed by atoms with Gasteiger partial charge in [-0.15, -0.1) is 0 Å². The summed E-state index contributed by atoms with van der Waals surface area (Å²) in [4.78, 5) is 4.36. The van der Waals surface area contributed by atoms with E-state index in [9.17, 15) is 0 Å². The molecule has 3 heteroatoms. The third-order valence-electron chi connectivity index (χ3n) is 3.43. The molecule has 1 N–H and O–H groups in total. The summed E-state index contributed by atoms with van der Waals surface area (Å²) in [6.07, 6.45) is 8.64. The highest BCUT2D eigenvalue weighted by Gasteiger charge is 2.11. The largest absolute Gasteiger partial charge is 0.338 e. The van der Waals surface area contributed by atoms with Crippen molar-refractivity contribution < 1.29 is 0 Å². The van der Waals surface area contributed by atoms with Gasteiger partial charge in [0.15, 0.2) is 0 Å². The van der Waals surface area contributed by atoms with Crippen LogP contribution in [-0.2, 0) is 13.5 Å². The Morgan fingerprint density at radius 1 is 1.50 bits per heavy atom. The number of rotatable bonds is 7. The molecule has 0 bridgehead atoms. The third-order valence-corrected chi connectivity index (χ3v) is 3.43. The van der Waals surface area contributed by atoms with Crippen molar-refractivity contribution in [1.82, 2.24) is 14.9 Å². The molecule has 0 fully saturated rings. The molecule has 0 spiro atoms. The number of nitrogens with zero attached hydrogens (tertiary/aromatic N) is 2. The van der Waals surface area contributed by atoms with Crippen molar-refractivity contribution in [1.29, 1.82) is 0 Å². The minimum atomic E-state index is 0.617. The third kappa shape index (κ3) is 3.97. The molecule has 1 heterocycles. The van der Waals surface area contributed by atoms with Gasteiger partial charge in [0.25, 0.3) is 0 Å². The number of aryl methyl sites for hydroxylation is 2. The Hall–Kier alpha value is -0.830. The zero-order chi connectivity index (χ0) is 12.0. The fourth-order valence-corrected chi connectivity index (χ4v) is 1.97. The van der Waals surface area contributed by atoms with E-state index in [0.29, 0.717) is 6.04 Å². The smallest absolute Gasteiger partial charge is 0.108 e. The highest BCUT2D eigenvalue weighted by atomic mass is 15.0. The van der Waals surface area contributed by atoms with Gasteiger partial charge < -0.3 is 9.88 Å². The van der Waals surface area contributed by atoms with E-state index in [4.69, 9.17) is 0 Å². The molecule has 1 aromatic heterocycles. The van der Waals surface area contributed by atoms with Gasteiger partial charge in [-0.3, -0.25) is 0 Å². The zero-order valence-corrected chi connectivity index (χ0v) is 11.0. The van der Waals surface area contributed by atoms with Gasteiger partial charge in [0.1, 0.15) is 5.82 Å². The van der Waals surface area contributed by atoms with Crippen molar-refractivity contribution in [2.75, 3.05) is 7.05 Å². The number of nitrogens with one attached hydrogen (secondary N) is 1. The number of aromatic nitrogens is 2. The van der Waals surface area contributed by atoms with Crippen LogP contribution in [0.3, 0.4) is 0 Å². The molecule has 0 amide bonds. The first-order valence-corrected chi connectivity index (χ1v) is 6.30. The van der Waals surface area contributed by atoms with E-state index < -0.39 is 0 Å². The van der Waals surface area contributed by atoms with Gasteiger partial charge in [0.05, 0.1) is 0 Å². The maximum Gasteiger partial charge on any atom is 0.108 e. The zero-order valence-electron chi connectivity index (χ0n) is 11.0. The Kier molecular flexibility index (Phi) is 5.53. The molecule has 0 radical (unpaired) electrons. The Bertz CT molecular complexity index is 293. The van der Waals surface area contributed by atoms with E-state index >= 15 is 0 Å². The second kappa shape index (κ2) is 6.69. The van der Waals surface area contributed by atoms with Crippen LogP contribution in [0.2, 0.25) is 0 Å². The lowest BCUT2D eigenvalue weighted by Gasteiger charge is -2.19. The highest BCUT2D eigenvalue weighted by Crippen LogP contribution is 2.13. The first kappa shape index (κ1) is 13.2. The Balaban J connectivity index is 2.37. The van der Waals surface area contributed by atoms with E-state index in [0.717, 1.165) is 12.3 Å². The van der Waals surface area contributed by atoms with E-state index in [2.05, 4.69) is 42.8 Å². The number of hydrogen-bond donors (Lipinski definition) is 1. The van der Waals surface area contributed by atoms with Gasteiger partial charge in [0.2, 0.25) is 0 Å². The van der Waals surface area contributed by atoms with Crippen LogP contribution < -0.4 is 5.32 Å². The van der Waals surface area contributed by atoms with Gasteiger partial charge in [-0.25, -0.2) is 4.98 Å². The maximum atomic E-state index is 4.36. The molecule has 0 aliphatic carbocycles. The molecule has 2 atom stereocenters. The van der Waals surface area contributed by atoms with Crippen LogP contribution in [-0.4, -0.2) is 22.6 Å². The van der Waals surface area contributed by atoms with Crippen LogP contribution in [0.25, 0.3) is 0 Å². The first-order chi connectivity index (χ1) is 7.67. The van der Waals surface area contributed by atoms with Gasteiger partial charge in [0, 0.05) is 31.9 Å². The SMILES string of the molecule is CCC(C)CC(CCc1nccn1C)NC. The second-order valence-electron chi connectivity index (χ2n) is 4.73. The van der Waals surface area contributed by atoms with Crippen molar-refractivity contribution in [3.8, 4) is 0 Å². The number of hydrogen-bond acceptors (Lipinski definition) is 2. The summed E-state index contributed by atoms with van der Waals surface area (Å²) in [5.74, 6) is 1.99. The van der Waals surface area contributed by atoms with Gasteiger partial charge in [-0.05, 0) is 25.8 Å². The van der Waals surface area contributed by atoms with E-state index in [-0.39, 0.29) is 0 Å². The monoisotopic (exact) mass is 223 g/mol. The Morgan fingerprint density at radius 2 is 2.25 bits per heavy atom. The second-order valence-corrected chi connectivity index (χ2v) is 4.73. The molecule has 92 valence electrons. The van der Waals surface area contributed by atoms with Crippen molar-refractivity contribution >= 4 is 0 Å². The number of imidazole rings is 1. The Labute approximate surface area is 99.3 Å². The van der Waals surface area contributed by atoms with Crippen LogP contribution >= 0.6 is 0 Å². The Morgan fingerprint density at radius 3 is 2.75 bits per heavy atom. The van der Waals surface area contributed by atoms with Crippen molar-refractivity contribution in [3.05, 3.63) is 18.2 Å². The molecular weight excluding hydrogens is 198 g/mol. The molecule has 0 saturated carbocycles. The van der Waals surface area contributed by atoms with Crippen molar-refractivity contribution in [3.63, 3.8) is 0 Å². The fourth-order valence-electron chi connectivity index (χ4n) is 1.97. The molecule has 16 heavy (non-hydrogen) atoms. The highest BCUT2D eigenvalue weighted by molar-refractivity contribution is 4.92. The van der Waals surface area contributed by atoms with Crippen LogP contribution in [0.1, 0.15) is 38.9 Å². The first-order valence-electron chi connectivity index (χ1n) is 6.30. The van der Waals surface area contributed by atoms with Gasteiger partial charge in [-0.2, -0.15) is 0 Å². The van der Waals surface area contributed by atoms with Crippen molar-refractivity contribution in [2.24, 2.45) is 13.0 Å². The molecule has 1 rings (SSSR count). The normalized spacial score (nSPS) is 15.0. The molecular formula is C13H25N3. The topological polar surface area (TPSA) is 29.9 Å². The summed E-state index contributed by atoms with van der Waals surface area (Å²) in [6.45, 7) is 4.58. The summed E-state index contributed by atoms with van der Waals surface area (Å²) >= 11 is 0. The molecule has 2 unspecified atom stereocenters. The van der Waals surface area contributed by atoms with E-state index in [1.54, 1.807) is 0 Å². The van der Waals surface area contributed by atoms with Crippen molar-refractivity contribution in [2.45, 2.75) is 45.6 Å². The summed E-state index contributed by atoms with van der Waals surface area (Å²) in [5, 5.41) is 3.41. The van der Waals surface area contributed by atoms with Crippen LogP contribution in [0, 0.1) is 5.92 Å². The lowest BCUT2D eigenvalue weighted by molar-refractivity contribution is 0.392. The van der Waals surface area contributed by atoms with E-state index in [1.807, 2.05) is 12.4 Å². The average molecular weight is 223 g/mol. The standard InChI is InChI=1S/C13H25N3/c1-5-11(2)10-12(14-3)6-7-13-15-8-9-16(13)4/h8-9,11-12,14H,5-7,10H2,1-4H3. The molecule has 3 nitrogen and oxygen atoms in total. The molecule has 0 aromatic carbocycles. The van der Waals surface area contributed by atoms with Crippen LogP contribution in [0.5, 0.6) is 0 Å². The summed E-state index contributed by atoms with van der Waals surface area (Å²) in [5.41, 5.74) is 0. The van der Waals surface area contributed by atoms with Gasteiger partial charge >= 0.3 is 0 Å². The summed E-state index contributed by atoms with van der Waals surface area (Å²) in [7, 11) is 4.12.